The SMILES string of the molecule is COc1ccc(C(=O)Nc2ccc(N3CCN(c4ccccc4OC)CC3)c(C(=O)NCC(C)C)c2)c(OC)c1. The molecule has 0 unspecified atom stereocenters. The van der Waals surface area contributed by atoms with Crippen molar-refractivity contribution in [2.24, 2.45) is 5.92 Å². The fourth-order valence-corrected chi connectivity index (χ4v) is 4.73. The highest BCUT2D eigenvalue weighted by Crippen LogP contribution is 2.31. The van der Waals surface area contributed by atoms with Crippen molar-refractivity contribution in [1.29, 1.82) is 0 Å². The van der Waals surface area contributed by atoms with Crippen molar-refractivity contribution in [3.8, 4) is 17.2 Å². The third-order valence-corrected chi connectivity index (χ3v) is 6.87. The van der Waals surface area contributed by atoms with E-state index >= 15 is 0 Å². The van der Waals surface area contributed by atoms with E-state index in [1.54, 1.807) is 38.5 Å². The molecule has 40 heavy (non-hydrogen) atoms. The molecule has 0 saturated carbocycles. The van der Waals surface area contributed by atoms with Crippen LogP contribution in [0.5, 0.6) is 17.2 Å². The number of hydrogen-bond acceptors (Lipinski definition) is 7. The largest absolute Gasteiger partial charge is 0.497 e. The van der Waals surface area contributed by atoms with Gasteiger partial charge in [0.05, 0.1) is 38.1 Å². The lowest BCUT2D eigenvalue weighted by atomic mass is 10.1. The Kier molecular flexibility index (Phi) is 9.37. The number of nitrogens with one attached hydrogen (secondary N) is 2. The Hall–Kier alpha value is -4.40. The maximum absolute atomic E-state index is 13.3. The van der Waals surface area contributed by atoms with Crippen LogP contribution in [-0.4, -0.2) is 65.9 Å². The molecule has 0 atom stereocenters. The van der Waals surface area contributed by atoms with Crippen molar-refractivity contribution in [2.75, 3.05) is 69.2 Å². The Labute approximate surface area is 236 Å². The Morgan fingerprint density at radius 2 is 1.43 bits per heavy atom. The monoisotopic (exact) mass is 546 g/mol. The van der Waals surface area contributed by atoms with Gasteiger partial charge in [-0.05, 0) is 48.4 Å². The molecule has 1 saturated heterocycles. The molecule has 9 heteroatoms. The average Bonchev–Trinajstić information content (AvgIpc) is 2.99. The first-order valence-corrected chi connectivity index (χ1v) is 13.4. The second kappa shape index (κ2) is 13.1. The minimum atomic E-state index is -0.341. The van der Waals surface area contributed by atoms with Gasteiger partial charge in [-0.25, -0.2) is 0 Å². The van der Waals surface area contributed by atoms with Gasteiger partial charge >= 0.3 is 0 Å². The third-order valence-electron chi connectivity index (χ3n) is 6.87. The van der Waals surface area contributed by atoms with E-state index in [-0.39, 0.29) is 11.8 Å². The maximum atomic E-state index is 13.3. The fraction of sp³-hybridized carbons (Fsp3) is 0.355. The number of amides is 2. The first-order valence-electron chi connectivity index (χ1n) is 13.4. The minimum absolute atomic E-state index is 0.172. The van der Waals surface area contributed by atoms with Gasteiger partial charge in [0.25, 0.3) is 11.8 Å². The van der Waals surface area contributed by atoms with Gasteiger partial charge in [0.1, 0.15) is 17.2 Å². The molecule has 0 aromatic heterocycles. The third kappa shape index (κ3) is 6.59. The van der Waals surface area contributed by atoms with Crippen molar-refractivity contribution in [3.05, 3.63) is 71.8 Å². The summed E-state index contributed by atoms with van der Waals surface area (Å²) in [5.74, 6) is 1.63. The Bertz CT molecular complexity index is 1340. The Morgan fingerprint density at radius 1 is 0.750 bits per heavy atom. The molecule has 212 valence electrons. The highest BCUT2D eigenvalue weighted by atomic mass is 16.5. The summed E-state index contributed by atoms with van der Waals surface area (Å²) in [7, 11) is 4.74. The van der Waals surface area contributed by atoms with Crippen LogP contribution in [0.3, 0.4) is 0 Å². The molecule has 0 spiro atoms. The van der Waals surface area contributed by atoms with Crippen LogP contribution in [-0.2, 0) is 0 Å². The lowest BCUT2D eigenvalue weighted by Gasteiger charge is -2.38. The number of ether oxygens (including phenoxy) is 3. The van der Waals surface area contributed by atoms with Crippen LogP contribution < -0.4 is 34.6 Å². The van der Waals surface area contributed by atoms with E-state index in [0.717, 1.165) is 43.3 Å². The number of methoxy groups -OCH3 is 3. The molecule has 2 N–H and O–H groups in total. The molecule has 0 aliphatic carbocycles. The molecule has 3 aromatic rings. The molecule has 4 rings (SSSR count). The van der Waals surface area contributed by atoms with Crippen molar-refractivity contribution in [1.82, 2.24) is 5.32 Å². The number of carbonyl (C=O) groups excluding carboxylic acids is 2. The zero-order chi connectivity index (χ0) is 28.6. The maximum Gasteiger partial charge on any atom is 0.259 e. The smallest absolute Gasteiger partial charge is 0.259 e. The van der Waals surface area contributed by atoms with Crippen molar-refractivity contribution in [3.63, 3.8) is 0 Å². The molecule has 0 bridgehead atoms. The molecular weight excluding hydrogens is 508 g/mol. The number of anilines is 3. The lowest BCUT2D eigenvalue weighted by Crippen LogP contribution is -2.47. The number of benzene rings is 3. The van der Waals surface area contributed by atoms with Crippen LogP contribution in [0.1, 0.15) is 34.6 Å². The average molecular weight is 547 g/mol. The highest BCUT2D eigenvalue weighted by Gasteiger charge is 2.24. The number of carbonyl (C=O) groups is 2. The zero-order valence-electron chi connectivity index (χ0n) is 23.8. The van der Waals surface area contributed by atoms with Crippen LogP contribution in [0.25, 0.3) is 0 Å². The van der Waals surface area contributed by atoms with E-state index in [4.69, 9.17) is 14.2 Å². The van der Waals surface area contributed by atoms with Gasteiger partial charge in [0.15, 0.2) is 0 Å². The van der Waals surface area contributed by atoms with Crippen LogP contribution in [0.4, 0.5) is 17.1 Å². The van der Waals surface area contributed by atoms with E-state index < -0.39 is 0 Å². The molecule has 9 nitrogen and oxygen atoms in total. The van der Waals surface area contributed by atoms with Crippen LogP contribution >= 0.6 is 0 Å². The van der Waals surface area contributed by atoms with Gasteiger partial charge < -0.3 is 34.6 Å². The van der Waals surface area contributed by atoms with E-state index in [9.17, 15) is 9.59 Å². The van der Waals surface area contributed by atoms with Gasteiger partial charge in [-0.15, -0.1) is 0 Å². The summed E-state index contributed by atoms with van der Waals surface area (Å²) < 4.78 is 16.2. The fourth-order valence-electron chi connectivity index (χ4n) is 4.73. The molecule has 1 aliphatic heterocycles. The number of para-hydroxylation sites is 2. The van der Waals surface area contributed by atoms with Crippen molar-refractivity contribution < 1.29 is 23.8 Å². The number of nitrogens with zero attached hydrogens (tertiary/aromatic N) is 2. The predicted molar refractivity (Wildman–Crippen MR) is 159 cm³/mol. The van der Waals surface area contributed by atoms with Gasteiger partial charge in [0.2, 0.25) is 0 Å². The van der Waals surface area contributed by atoms with Crippen LogP contribution in [0.15, 0.2) is 60.7 Å². The van der Waals surface area contributed by atoms with Gasteiger partial charge in [-0.2, -0.15) is 0 Å². The Morgan fingerprint density at radius 3 is 2.08 bits per heavy atom. The van der Waals surface area contributed by atoms with E-state index in [1.807, 2.05) is 30.3 Å². The minimum Gasteiger partial charge on any atom is -0.497 e. The summed E-state index contributed by atoms with van der Waals surface area (Å²) in [6, 6.07) is 18.5. The standard InChI is InChI=1S/C31H38N4O5/c1-21(2)20-32-30(36)25-18-22(33-31(37)24-12-11-23(38-3)19-29(24)40-5)10-13-26(25)34-14-16-35(17-15-34)27-8-6-7-9-28(27)39-4/h6-13,18-19,21H,14-17,20H2,1-5H3,(H,32,36)(H,33,37). The van der Waals surface area contributed by atoms with Crippen molar-refractivity contribution >= 4 is 28.9 Å². The summed E-state index contributed by atoms with van der Waals surface area (Å²) in [6.45, 7) is 7.69. The molecule has 1 fully saturated rings. The molecule has 1 heterocycles. The molecular formula is C31H38N4O5. The van der Waals surface area contributed by atoms with E-state index in [0.29, 0.717) is 40.8 Å². The number of hydrogen-bond donors (Lipinski definition) is 2. The Balaban J connectivity index is 1.56. The van der Waals surface area contributed by atoms with Gasteiger partial charge in [-0.3, -0.25) is 9.59 Å². The normalized spacial score (nSPS) is 13.2. The van der Waals surface area contributed by atoms with Crippen LogP contribution in [0, 0.1) is 5.92 Å². The first kappa shape index (κ1) is 28.6. The van der Waals surface area contributed by atoms with Gasteiger partial charge in [-0.1, -0.05) is 26.0 Å². The predicted octanol–water partition coefficient (Wildman–Crippen LogP) is 4.68. The topological polar surface area (TPSA) is 92.4 Å². The number of piperazine rings is 1. The lowest BCUT2D eigenvalue weighted by molar-refractivity contribution is 0.0948. The highest BCUT2D eigenvalue weighted by molar-refractivity contribution is 6.08. The van der Waals surface area contributed by atoms with Crippen LogP contribution in [0.2, 0.25) is 0 Å². The van der Waals surface area contributed by atoms with Crippen molar-refractivity contribution in [2.45, 2.75) is 13.8 Å². The summed E-state index contributed by atoms with van der Waals surface area (Å²) in [6.07, 6.45) is 0. The summed E-state index contributed by atoms with van der Waals surface area (Å²) in [5.41, 5.74) is 3.30. The summed E-state index contributed by atoms with van der Waals surface area (Å²) >= 11 is 0. The summed E-state index contributed by atoms with van der Waals surface area (Å²) in [5, 5.41) is 5.95. The zero-order valence-corrected chi connectivity index (χ0v) is 23.8. The second-order valence-electron chi connectivity index (χ2n) is 10.0. The molecule has 2 amide bonds. The van der Waals surface area contributed by atoms with E-state index in [1.165, 1.54) is 7.11 Å². The quantitative estimate of drug-likeness (QED) is 0.382. The molecule has 0 radical (unpaired) electrons. The second-order valence-corrected chi connectivity index (χ2v) is 10.0. The molecule has 3 aromatic carbocycles. The summed E-state index contributed by atoms with van der Waals surface area (Å²) in [4.78, 5) is 31.0. The van der Waals surface area contributed by atoms with E-state index in [2.05, 4.69) is 40.3 Å². The number of rotatable bonds is 10. The first-order chi connectivity index (χ1) is 19.3. The van der Waals surface area contributed by atoms with Gasteiger partial charge in [0, 0.05) is 50.2 Å². The molecule has 1 aliphatic rings.